The molecule has 12 heavy (non-hydrogen) atoms. The summed E-state index contributed by atoms with van der Waals surface area (Å²) >= 11 is 0. The molecule has 8 heteroatoms. The molecule has 2 atom stereocenters. The molecule has 1 heterocycles. The van der Waals surface area contributed by atoms with Crippen molar-refractivity contribution >= 4 is 0 Å². The lowest BCUT2D eigenvalue weighted by Crippen LogP contribution is -2.35. The first-order valence-electron chi connectivity index (χ1n) is 2.59. The lowest BCUT2D eigenvalue weighted by molar-refractivity contribution is -0.230. The van der Waals surface area contributed by atoms with Crippen molar-refractivity contribution in [3.8, 4) is 0 Å². The summed E-state index contributed by atoms with van der Waals surface area (Å²) in [6, 6.07) is 0. The molecule has 0 N–H and O–H groups in total. The standard InChI is InChI=1S/C4HF7O/c5-2(4(9,10)11)1(12-2)3(6,7)8/h1H/t1-,2-/m0/s1. The summed E-state index contributed by atoms with van der Waals surface area (Å²) in [6.45, 7) is 0. The molecule has 0 aromatic rings. The third-order valence-corrected chi connectivity index (χ3v) is 1.25. The molecule has 0 unspecified atom stereocenters. The minimum Gasteiger partial charge on any atom is -0.317 e. The van der Waals surface area contributed by atoms with E-state index >= 15 is 0 Å². The van der Waals surface area contributed by atoms with Crippen molar-refractivity contribution in [3.05, 3.63) is 0 Å². The summed E-state index contributed by atoms with van der Waals surface area (Å²) in [6.07, 6.45) is -14.3. The Balaban J connectivity index is 2.73. The second kappa shape index (κ2) is 2.04. The van der Waals surface area contributed by atoms with Crippen LogP contribution in [-0.2, 0) is 4.74 Å². The molecule has 1 aliphatic heterocycles. The van der Waals surface area contributed by atoms with Crippen LogP contribution in [0.25, 0.3) is 0 Å². The van der Waals surface area contributed by atoms with E-state index in [1.54, 1.807) is 0 Å². The highest BCUT2D eigenvalue weighted by molar-refractivity contribution is 5.03. The monoisotopic (exact) mass is 198 g/mol. The van der Waals surface area contributed by atoms with Crippen LogP contribution in [0.3, 0.4) is 0 Å². The largest absolute Gasteiger partial charge is 0.451 e. The average molecular weight is 198 g/mol. The summed E-state index contributed by atoms with van der Waals surface area (Å²) < 4.78 is 83.4. The molecule has 1 fully saturated rings. The van der Waals surface area contributed by atoms with Crippen LogP contribution < -0.4 is 0 Å². The van der Waals surface area contributed by atoms with Crippen LogP contribution in [0.15, 0.2) is 0 Å². The van der Waals surface area contributed by atoms with E-state index in [0.29, 0.717) is 0 Å². The van der Waals surface area contributed by atoms with Gasteiger partial charge >= 0.3 is 18.2 Å². The second-order valence-corrected chi connectivity index (χ2v) is 2.18. The van der Waals surface area contributed by atoms with E-state index in [9.17, 15) is 30.7 Å². The van der Waals surface area contributed by atoms with Crippen LogP contribution in [-0.4, -0.2) is 24.3 Å². The fourth-order valence-electron chi connectivity index (χ4n) is 0.630. The normalized spacial score (nSPS) is 36.8. The Morgan fingerprint density at radius 2 is 1.42 bits per heavy atom. The zero-order chi connectivity index (χ0) is 9.78. The molecule has 0 saturated carbocycles. The van der Waals surface area contributed by atoms with Gasteiger partial charge in [-0.3, -0.25) is 0 Å². The second-order valence-electron chi connectivity index (χ2n) is 2.18. The van der Waals surface area contributed by atoms with E-state index in [1.165, 1.54) is 0 Å². The molecule has 0 bridgehead atoms. The first kappa shape index (κ1) is 9.56. The number of ether oxygens (including phenoxy) is 1. The van der Waals surface area contributed by atoms with Crippen molar-refractivity contribution < 1.29 is 35.5 Å². The van der Waals surface area contributed by atoms with Gasteiger partial charge in [0.15, 0.2) is 0 Å². The Bertz CT molecular complexity index is 193. The molecule has 72 valence electrons. The Hall–Kier alpha value is -0.530. The quantitative estimate of drug-likeness (QED) is 0.429. The summed E-state index contributed by atoms with van der Waals surface area (Å²) in [5.41, 5.74) is 0. The van der Waals surface area contributed by atoms with Gasteiger partial charge in [-0.1, -0.05) is 0 Å². The highest BCUT2D eigenvalue weighted by atomic mass is 19.4. The molecule has 1 saturated heterocycles. The van der Waals surface area contributed by atoms with Gasteiger partial charge in [-0.2, -0.15) is 30.7 Å². The maximum Gasteiger partial charge on any atom is 0.451 e. The van der Waals surface area contributed by atoms with Gasteiger partial charge in [0.05, 0.1) is 0 Å². The molecule has 0 spiro atoms. The van der Waals surface area contributed by atoms with E-state index in [2.05, 4.69) is 4.74 Å². The lowest BCUT2D eigenvalue weighted by atomic mass is 10.2. The molecular formula is C4HF7O. The zero-order valence-electron chi connectivity index (χ0n) is 5.13. The van der Waals surface area contributed by atoms with E-state index in [0.717, 1.165) is 0 Å². The van der Waals surface area contributed by atoms with Crippen LogP contribution in [0.2, 0.25) is 0 Å². The van der Waals surface area contributed by atoms with Crippen LogP contribution in [0.4, 0.5) is 30.7 Å². The fraction of sp³-hybridized carbons (Fsp3) is 1.00. The predicted octanol–water partition coefficient (Wildman–Crippen LogP) is 2.18. The Labute approximate surface area is 61.1 Å². The molecule has 0 aromatic heterocycles. The summed E-state index contributed by atoms with van der Waals surface area (Å²) in [7, 11) is 0. The van der Waals surface area contributed by atoms with Crippen LogP contribution in [0.5, 0.6) is 0 Å². The maximum atomic E-state index is 12.1. The van der Waals surface area contributed by atoms with Crippen molar-refractivity contribution in [2.45, 2.75) is 24.3 Å². The molecule has 0 aromatic carbocycles. The molecule has 1 rings (SSSR count). The van der Waals surface area contributed by atoms with Crippen LogP contribution >= 0.6 is 0 Å². The molecule has 0 aliphatic carbocycles. The van der Waals surface area contributed by atoms with Crippen molar-refractivity contribution in [1.29, 1.82) is 0 Å². The minimum absolute atomic E-state index is 2.92. The van der Waals surface area contributed by atoms with E-state index in [1.807, 2.05) is 0 Å². The number of rotatable bonds is 0. The Kier molecular flexibility index (Phi) is 1.62. The van der Waals surface area contributed by atoms with Gasteiger partial charge in [-0.15, -0.1) is 0 Å². The van der Waals surface area contributed by atoms with Crippen LogP contribution in [0.1, 0.15) is 0 Å². The molecule has 1 aliphatic rings. The summed E-state index contributed by atoms with van der Waals surface area (Å²) in [4.78, 5) is 0. The third-order valence-electron chi connectivity index (χ3n) is 1.25. The van der Waals surface area contributed by atoms with Gasteiger partial charge in [0, 0.05) is 0 Å². The molecule has 0 amide bonds. The number of alkyl halides is 7. The SMILES string of the molecule is FC(F)(F)[C@H]1O[C@]1(F)C(F)(F)F. The summed E-state index contributed by atoms with van der Waals surface area (Å²) in [5, 5.41) is 0. The summed E-state index contributed by atoms with van der Waals surface area (Å²) in [5.74, 6) is -4.54. The first-order chi connectivity index (χ1) is 5.09. The van der Waals surface area contributed by atoms with Crippen molar-refractivity contribution in [2.24, 2.45) is 0 Å². The van der Waals surface area contributed by atoms with Gasteiger partial charge in [0.2, 0.25) is 6.10 Å². The number of epoxide rings is 1. The third kappa shape index (κ3) is 1.23. The number of hydrogen-bond donors (Lipinski definition) is 0. The van der Waals surface area contributed by atoms with E-state index in [4.69, 9.17) is 0 Å². The van der Waals surface area contributed by atoms with E-state index in [-0.39, 0.29) is 0 Å². The fourth-order valence-corrected chi connectivity index (χ4v) is 0.630. The van der Waals surface area contributed by atoms with Gasteiger partial charge in [0.25, 0.3) is 0 Å². The van der Waals surface area contributed by atoms with Gasteiger partial charge in [0.1, 0.15) is 0 Å². The Morgan fingerprint density at radius 1 is 1.00 bits per heavy atom. The van der Waals surface area contributed by atoms with Gasteiger partial charge in [-0.25, -0.2) is 0 Å². The highest BCUT2D eigenvalue weighted by Gasteiger charge is 2.83. The van der Waals surface area contributed by atoms with Crippen LogP contribution in [0, 0.1) is 0 Å². The van der Waals surface area contributed by atoms with Gasteiger partial charge < -0.3 is 4.74 Å². The van der Waals surface area contributed by atoms with Crippen molar-refractivity contribution in [2.75, 3.05) is 0 Å². The first-order valence-corrected chi connectivity index (χ1v) is 2.59. The maximum absolute atomic E-state index is 12.1. The zero-order valence-corrected chi connectivity index (χ0v) is 5.13. The Morgan fingerprint density at radius 3 is 1.50 bits per heavy atom. The smallest absolute Gasteiger partial charge is 0.317 e. The minimum atomic E-state index is -5.63. The number of hydrogen-bond acceptors (Lipinski definition) is 1. The van der Waals surface area contributed by atoms with Crippen molar-refractivity contribution in [3.63, 3.8) is 0 Å². The van der Waals surface area contributed by atoms with E-state index < -0.39 is 24.3 Å². The molecule has 1 nitrogen and oxygen atoms in total. The lowest BCUT2D eigenvalue weighted by Gasteiger charge is -2.08. The topological polar surface area (TPSA) is 12.5 Å². The van der Waals surface area contributed by atoms with Crippen molar-refractivity contribution in [1.82, 2.24) is 0 Å². The number of halogens is 7. The average Bonchev–Trinajstić information content (AvgIpc) is 2.38. The molecule has 0 radical (unpaired) electrons. The molecular weight excluding hydrogens is 197 g/mol. The highest BCUT2D eigenvalue weighted by Crippen LogP contribution is 2.56. The predicted molar refractivity (Wildman–Crippen MR) is 20.8 cm³/mol. The van der Waals surface area contributed by atoms with Gasteiger partial charge in [-0.05, 0) is 0 Å².